The molecule has 6 heteroatoms. The average molecular weight is 326 g/mol. The van der Waals surface area contributed by atoms with Gasteiger partial charge in [0.2, 0.25) is 5.91 Å². The zero-order valence-electron chi connectivity index (χ0n) is 14.0. The Morgan fingerprint density at radius 1 is 1.17 bits per heavy atom. The van der Waals surface area contributed by atoms with E-state index in [4.69, 9.17) is 0 Å². The van der Waals surface area contributed by atoms with Crippen LogP contribution in [0.25, 0.3) is 10.8 Å². The lowest BCUT2D eigenvalue weighted by Crippen LogP contribution is -2.45. The summed E-state index contributed by atoms with van der Waals surface area (Å²) in [4.78, 5) is 30.2. The third kappa shape index (κ3) is 3.48. The minimum Gasteiger partial charge on any atom is -0.336 e. The summed E-state index contributed by atoms with van der Waals surface area (Å²) >= 11 is 0. The fourth-order valence-electron chi connectivity index (χ4n) is 3.27. The molecule has 0 spiro atoms. The summed E-state index contributed by atoms with van der Waals surface area (Å²) in [5.74, 6) is -0.0350. The number of nitrogens with zero attached hydrogens (tertiary/aromatic N) is 2. The molecule has 126 valence electrons. The van der Waals surface area contributed by atoms with E-state index in [0.29, 0.717) is 5.69 Å². The predicted molar refractivity (Wildman–Crippen MR) is 93.8 cm³/mol. The SMILES string of the molecule is CC1CCC(C)N1C(=O)CNC(=O)Nc1ccc2cnccc2c1. The van der Waals surface area contributed by atoms with Crippen LogP contribution in [0, 0.1) is 0 Å². The van der Waals surface area contributed by atoms with Crippen molar-refractivity contribution in [2.24, 2.45) is 0 Å². The number of carbonyl (C=O) groups excluding carboxylic acids is 2. The van der Waals surface area contributed by atoms with Gasteiger partial charge in [-0.25, -0.2) is 4.79 Å². The Balaban J connectivity index is 1.56. The summed E-state index contributed by atoms with van der Waals surface area (Å²) in [6, 6.07) is 7.59. The molecule has 0 aliphatic carbocycles. The monoisotopic (exact) mass is 326 g/mol. The van der Waals surface area contributed by atoms with Crippen molar-refractivity contribution in [3.8, 4) is 0 Å². The van der Waals surface area contributed by atoms with Gasteiger partial charge in [-0.1, -0.05) is 6.07 Å². The summed E-state index contributed by atoms with van der Waals surface area (Å²) in [6.07, 6.45) is 5.52. The minimum atomic E-state index is -0.378. The summed E-state index contributed by atoms with van der Waals surface area (Å²) in [7, 11) is 0. The number of benzene rings is 1. The van der Waals surface area contributed by atoms with E-state index < -0.39 is 0 Å². The van der Waals surface area contributed by atoms with Gasteiger partial charge in [-0.15, -0.1) is 0 Å². The van der Waals surface area contributed by atoms with Crippen LogP contribution in [0.2, 0.25) is 0 Å². The molecule has 2 atom stereocenters. The highest BCUT2D eigenvalue weighted by atomic mass is 16.2. The van der Waals surface area contributed by atoms with Gasteiger partial charge in [0.1, 0.15) is 0 Å². The molecule has 2 aromatic rings. The molecule has 1 saturated heterocycles. The number of hydrogen-bond acceptors (Lipinski definition) is 3. The van der Waals surface area contributed by atoms with Crippen LogP contribution < -0.4 is 10.6 Å². The molecule has 2 heterocycles. The highest BCUT2D eigenvalue weighted by Gasteiger charge is 2.31. The van der Waals surface area contributed by atoms with Crippen molar-refractivity contribution in [2.45, 2.75) is 38.8 Å². The van der Waals surface area contributed by atoms with E-state index in [9.17, 15) is 9.59 Å². The first-order valence-electron chi connectivity index (χ1n) is 8.24. The van der Waals surface area contributed by atoms with Gasteiger partial charge in [0.15, 0.2) is 0 Å². The van der Waals surface area contributed by atoms with E-state index in [1.54, 1.807) is 12.4 Å². The summed E-state index contributed by atoms with van der Waals surface area (Å²) in [5, 5.41) is 7.41. The van der Waals surface area contributed by atoms with Crippen LogP contribution in [0.3, 0.4) is 0 Å². The van der Waals surface area contributed by atoms with Crippen LogP contribution in [0.1, 0.15) is 26.7 Å². The third-order valence-electron chi connectivity index (χ3n) is 4.54. The number of amides is 3. The predicted octanol–water partition coefficient (Wildman–Crippen LogP) is 2.76. The maximum Gasteiger partial charge on any atom is 0.319 e. The van der Waals surface area contributed by atoms with Crippen molar-refractivity contribution in [2.75, 3.05) is 11.9 Å². The van der Waals surface area contributed by atoms with Crippen LogP contribution in [-0.4, -0.2) is 40.5 Å². The largest absolute Gasteiger partial charge is 0.336 e. The molecular weight excluding hydrogens is 304 g/mol. The third-order valence-corrected chi connectivity index (χ3v) is 4.54. The number of hydrogen-bond donors (Lipinski definition) is 2. The van der Waals surface area contributed by atoms with E-state index in [1.165, 1.54) is 0 Å². The van der Waals surface area contributed by atoms with Crippen molar-refractivity contribution in [3.63, 3.8) is 0 Å². The lowest BCUT2D eigenvalue weighted by Gasteiger charge is -2.26. The topological polar surface area (TPSA) is 74.3 Å². The molecule has 2 N–H and O–H groups in total. The van der Waals surface area contributed by atoms with Crippen LogP contribution in [-0.2, 0) is 4.79 Å². The molecule has 1 aliphatic heterocycles. The first kappa shape index (κ1) is 16.2. The van der Waals surface area contributed by atoms with E-state index in [0.717, 1.165) is 23.6 Å². The summed E-state index contributed by atoms with van der Waals surface area (Å²) in [6.45, 7) is 4.11. The fraction of sp³-hybridized carbons (Fsp3) is 0.389. The standard InChI is InChI=1S/C18H22N4O2/c1-12-3-4-13(2)22(12)17(23)11-20-18(24)21-16-6-5-15-10-19-8-7-14(15)9-16/h5-10,12-13H,3-4,11H2,1-2H3,(H2,20,21,24). The van der Waals surface area contributed by atoms with Crippen molar-refractivity contribution in [3.05, 3.63) is 36.7 Å². The van der Waals surface area contributed by atoms with Crippen LogP contribution in [0.5, 0.6) is 0 Å². The Kier molecular flexibility index (Phi) is 4.64. The number of pyridine rings is 1. The number of likely N-dealkylation sites (tertiary alicyclic amines) is 1. The Morgan fingerprint density at radius 3 is 2.67 bits per heavy atom. The van der Waals surface area contributed by atoms with Crippen LogP contribution in [0.4, 0.5) is 10.5 Å². The molecule has 3 amide bonds. The molecule has 0 bridgehead atoms. The van der Waals surface area contributed by atoms with E-state index >= 15 is 0 Å². The van der Waals surface area contributed by atoms with E-state index in [2.05, 4.69) is 15.6 Å². The molecule has 24 heavy (non-hydrogen) atoms. The second-order valence-electron chi connectivity index (χ2n) is 6.32. The Bertz CT molecular complexity index is 752. The average Bonchev–Trinajstić information content (AvgIpc) is 2.91. The van der Waals surface area contributed by atoms with Crippen molar-refractivity contribution in [1.82, 2.24) is 15.2 Å². The molecule has 0 saturated carbocycles. The number of anilines is 1. The zero-order chi connectivity index (χ0) is 17.1. The maximum absolute atomic E-state index is 12.3. The van der Waals surface area contributed by atoms with E-state index in [1.807, 2.05) is 43.0 Å². The molecule has 1 fully saturated rings. The fourth-order valence-corrected chi connectivity index (χ4v) is 3.27. The van der Waals surface area contributed by atoms with Crippen molar-refractivity contribution in [1.29, 1.82) is 0 Å². The lowest BCUT2D eigenvalue weighted by atomic mass is 10.1. The van der Waals surface area contributed by atoms with Gasteiger partial charge in [-0.3, -0.25) is 9.78 Å². The molecule has 2 unspecified atom stereocenters. The first-order valence-corrected chi connectivity index (χ1v) is 8.24. The second kappa shape index (κ2) is 6.86. The molecule has 6 nitrogen and oxygen atoms in total. The van der Waals surface area contributed by atoms with Crippen LogP contribution >= 0.6 is 0 Å². The van der Waals surface area contributed by atoms with Gasteiger partial charge in [0.05, 0.1) is 6.54 Å². The van der Waals surface area contributed by atoms with Gasteiger partial charge >= 0.3 is 6.03 Å². The number of urea groups is 1. The number of nitrogens with one attached hydrogen (secondary N) is 2. The lowest BCUT2D eigenvalue weighted by molar-refractivity contribution is -0.132. The van der Waals surface area contributed by atoms with Gasteiger partial charge < -0.3 is 15.5 Å². The van der Waals surface area contributed by atoms with Crippen molar-refractivity contribution >= 4 is 28.4 Å². The molecular formula is C18H22N4O2. The number of carbonyl (C=O) groups is 2. The normalized spacial score (nSPS) is 20.2. The first-order chi connectivity index (χ1) is 11.5. The Morgan fingerprint density at radius 2 is 1.92 bits per heavy atom. The highest BCUT2D eigenvalue weighted by molar-refractivity contribution is 5.95. The maximum atomic E-state index is 12.3. The molecule has 0 radical (unpaired) electrons. The quantitative estimate of drug-likeness (QED) is 0.911. The van der Waals surface area contributed by atoms with Crippen molar-refractivity contribution < 1.29 is 9.59 Å². The van der Waals surface area contributed by atoms with Gasteiger partial charge in [0, 0.05) is 35.6 Å². The van der Waals surface area contributed by atoms with Gasteiger partial charge in [-0.2, -0.15) is 0 Å². The number of rotatable bonds is 3. The Hall–Kier alpha value is -2.63. The van der Waals surface area contributed by atoms with Gasteiger partial charge in [-0.05, 0) is 50.3 Å². The highest BCUT2D eigenvalue weighted by Crippen LogP contribution is 2.23. The summed E-state index contributed by atoms with van der Waals surface area (Å²) < 4.78 is 0. The molecule has 1 aromatic carbocycles. The Labute approximate surface area is 141 Å². The smallest absolute Gasteiger partial charge is 0.319 e. The molecule has 1 aromatic heterocycles. The van der Waals surface area contributed by atoms with Crippen LogP contribution in [0.15, 0.2) is 36.7 Å². The second-order valence-corrected chi connectivity index (χ2v) is 6.32. The minimum absolute atomic E-state index is 0.0119. The number of aromatic nitrogens is 1. The van der Waals surface area contributed by atoms with Gasteiger partial charge in [0.25, 0.3) is 0 Å². The number of fused-ring (bicyclic) bond motifs is 1. The molecule has 3 rings (SSSR count). The van der Waals surface area contributed by atoms with E-state index in [-0.39, 0.29) is 30.6 Å². The zero-order valence-corrected chi connectivity index (χ0v) is 14.0. The molecule has 1 aliphatic rings. The summed E-state index contributed by atoms with van der Waals surface area (Å²) in [5.41, 5.74) is 0.682.